The molecule has 2 aromatic carbocycles. The molecule has 1 N–H and O–H groups in total. The third-order valence-corrected chi connectivity index (χ3v) is 4.99. The van der Waals surface area contributed by atoms with Crippen LogP contribution in [0.3, 0.4) is 0 Å². The van der Waals surface area contributed by atoms with E-state index < -0.39 is 0 Å². The van der Waals surface area contributed by atoms with E-state index >= 15 is 0 Å². The summed E-state index contributed by atoms with van der Waals surface area (Å²) < 4.78 is 5.49. The fraction of sp³-hybridized carbons (Fsp3) is 0.200. The van der Waals surface area contributed by atoms with Gasteiger partial charge in [0.05, 0.1) is 12.8 Å². The van der Waals surface area contributed by atoms with E-state index in [0.29, 0.717) is 17.3 Å². The van der Waals surface area contributed by atoms with Gasteiger partial charge in [-0.3, -0.25) is 4.79 Å². The van der Waals surface area contributed by atoms with Crippen LogP contribution in [0.5, 0.6) is 0 Å². The van der Waals surface area contributed by atoms with Crippen LogP contribution in [0.2, 0.25) is 0 Å². The molecule has 6 heteroatoms. The Hall–Kier alpha value is -2.73. The summed E-state index contributed by atoms with van der Waals surface area (Å²) in [7, 11) is 1.51. The Labute approximate surface area is 157 Å². The van der Waals surface area contributed by atoms with Crippen molar-refractivity contribution in [2.45, 2.75) is 6.92 Å². The van der Waals surface area contributed by atoms with Crippen LogP contribution in [0.1, 0.15) is 12.5 Å². The summed E-state index contributed by atoms with van der Waals surface area (Å²) in [4.78, 5) is 18.0. The van der Waals surface area contributed by atoms with Crippen LogP contribution in [-0.2, 0) is 14.4 Å². The first-order chi connectivity index (χ1) is 12.7. The Balaban J connectivity index is 1.89. The van der Waals surface area contributed by atoms with E-state index in [1.807, 2.05) is 55.5 Å². The van der Waals surface area contributed by atoms with Gasteiger partial charge in [-0.15, -0.1) is 11.8 Å². The standard InChI is InChI=1S/C20H20N2O3S/c1-14-19(26-11-10-25-14)20(23)22-18-9-4-3-8-17(18)16-7-5-6-15(12-16)13-21-24-2/h3-9,12-13H,10-11H2,1-2H3,(H,22,23)/b21-13+. The van der Waals surface area contributed by atoms with Crippen LogP contribution in [0, 0.1) is 0 Å². The summed E-state index contributed by atoms with van der Waals surface area (Å²) in [6, 6.07) is 15.6. The van der Waals surface area contributed by atoms with Gasteiger partial charge in [-0.1, -0.05) is 41.6 Å². The highest BCUT2D eigenvalue weighted by molar-refractivity contribution is 8.04. The molecule has 0 aromatic heterocycles. The third kappa shape index (κ3) is 4.26. The summed E-state index contributed by atoms with van der Waals surface area (Å²) >= 11 is 1.52. The predicted molar refractivity (Wildman–Crippen MR) is 106 cm³/mol. The number of allylic oxidation sites excluding steroid dienone is 1. The number of oxime groups is 1. The van der Waals surface area contributed by atoms with Gasteiger partial charge in [0.25, 0.3) is 5.91 Å². The maximum absolute atomic E-state index is 12.7. The molecule has 0 aliphatic carbocycles. The molecule has 5 nitrogen and oxygen atoms in total. The smallest absolute Gasteiger partial charge is 0.265 e. The average molecular weight is 368 g/mol. The van der Waals surface area contributed by atoms with Gasteiger partial charge in [0, 0.05) is 17.0 Å². The maximum atomic E-state index is 12.7. The predicted octanol–water partition coefficient (Wildman–Crippen LogP) is 4.27. The molecule has 0 spiro atoms. The van der Waals surface area contributed by atoms with Gasteiger partial charge in [0.1, 0.15) is 17.8 Å². The lowest BCUT2D eigenvalue weighted by Crippen LogP contribution is -2.18. The molecule has 0 unspecified atom stereocenters. The van der Waals surface area contributed by atoms with Gasteiger partial charge in [0.2, 0.25) is 0 Å². The molecule has 1 aliphatic heterocycles. The molecule has 0 radical (unpaired) electrons. The number of nitrogens with one attached hydrogen (secondary N) is 1. The van der Waals surface area contributed by atoms with E-state index in [1.54, 1.807) is 6.21 Å². The molecule has 0 fully saturated rings. The molecule has 26 heavy (non-hydrogen) atoms. The molecule has 0 saturated carbocycles. The van der Waals surface area contributed by atoms with Crippen molar-refractivity contribution >= 4 is 29.6 Å². The number of nitrogens with zero attached hydrogens (tertiary/aromatic N) is 1. The van der Waals surface area contributed by atoms with E-state index in [0.717, 1.165) is 28.1 Å². The number of hydrogen-bond donors (Lipinski definition) is 1. The van der Waals surface area contributed by atoms with Crippen molar-refractivity contribution in [1.29, 1.82) is 0 Å². The number of rotatable bonds is 5. The fourth-order valence-electron chi connectivity index (χ4n) is 2.65. The highest BCUT2D eigenvalue weighted by atomic mass is 32.2. The Morgan fingerprint density at radius 1 is 1.27 bits per heavy atom. The van der Waals surface area contributed by atoms with Crippen LogP contribution in [0.15, 0.2) is 64.4 Å². The van der Waals surface area contributed by atoms with Crippen molar-refractivity contribution in [3.63, 3.8) is 0 Å². The first-order valence-electron chi connectivity index (χ1n) is 8.23. The zero-order valence-electron chi connectivity index (χ0n) is 14.7. The second kappa shape index (κ2) is 8.58. The van der Waals surface area contributed by atoms with E-state index in [2.05, 4.69) is 10.5 Å². The van der Waals surface area contributed by atoms with Crippen LogP contribution >= 0.6 is 11.8 Å². The van der Waals surface area contributed by atoms with Gasteiger partial charge in [-0.25, -0.2) is 0 Å². The molecular formula is C20H20N2O3S. The minimum Gasteiger partial charge on any atom is -0.496 e. The second-order valence-corrected chi connectivity index (χ2v) is 6.73. The number of para-hydroxylation sites is 1. The van der Waals surface area contributed by atoms with Gasteiger partial charge >= 0.3 is 0 Å². The average Bonchev–Trinajstić information content (AvgIpc) is 2.67. The Morgan fingerprint density at radius 3 is 2.92 bits per heavy atom. The number of carbonyl (C=O) groups is 1. The van der Waals surface area contributed by atoms with Gasteiger partial charge in [-0.05, 0) is 30.2 Å². The third-order valence-electron chi connectivity index (χ3n) is 3.85. The quantitative estimate of drug-likeness (QED) is 0.632. The highest BCUT2D eigenvalue weighted by Gasteiger charge is 2.19. The van der Waals surface area contributed by atoms with E-state index in [4.69, 9.17) is 9.57 Å². The van der Waals surface area contributed by atoms with Crippen molar-refractivity contribution in [3.05, 3.63) is 64.8 Å². The number of thioether (sulfide) groups is 1. The summed E-state index contributed by atoms with van der Waals surface area (Å²) in [6.07, 6.45) is 1.65. The van der Waals surface area contributed by atoms with Crippen molar-refractivity contribution in [3.8, 4) is 11.1 Å². The van der Waals surface area contributed by atoms with E-state index in [1.165, 1.54) is 18.9 Å². The highest BCUT2D eigenvalue weighted by Crippen LogP contribution is 2.31. The zero-order valence-corrected chi connectivity index (χ0v) is 15.5. The molecule has 134 valence electrons. The van der Waals surface area contributed by atoms with Gasteiger partial charge in [-0.2, -0.15) is 0 Å². The number of anilines is 1. The topological polar surface area (TPSA) is 59.9 Å². The monoisotopic (exact) mass is 368 g/mol. The van der Waals surface area contributed by atoms with Crippen molar-refractivity contribution in [2.75, 3.05) is 24.8 Å². The first kappa shape index (κ1) is 18.1. The minimum absolute atomic E-state index is 0.142. The van der Waals surface area contributed by atoms with Crippen LogP contribution < -0.4 is 5.32 Å². The first-order valence-corrected chi connectivity index (χ1v) is 9.21. The van der Waals surface area contributed by atoms with Crippen molar-refractivity contribution in [1.82, 2.24) is 0 Å². The van der Waals surface area contributed by atoms with Crippen LogP contribution in [0.4, 0.5) is 5.69 Å². The minimum atomic E-state index is -0.142. The number of benzene rings is 2. The summed E-state index contributed by atoms with van der Waals surface area (Å²) in [5, 5.41) is 6.82. The summed E-state index contributed by atoms with van der Waals surface area (Å²) in [5.74, 6) is 1.31. The number of carbonyl (C=O) groups excluding carboxylic acids is 1. The molecule has 1 heterocycles. The van der Waals surface area contributed by atoms with Gasteiger partial charge in [0.15, 0.2) is 0 Å². The van der Waals surface area contributed by atoms with E-state index in [9.17, 15) is 4.79 Å². The van der Waals surface area contributed by atoms with E-state index in [-0.39, 0.29) is 5.91 Å². The summed E-state index contributed by atoms with van der Waals surface area (Å²) in [6.45, 7) is 2.46. The molecular weight excluding hydrogens is 348 g/mol. The lowest BCUT2D eigenvalue weighted by molar-refractivity contribution is -0.112. The molecule has 0 saturated heterocycles. The largest absolute Gasteiger partial charge is 0.496 e. The SMILES string of the molecule is CO/N=C/c1cccc(-c2ccccc2NC(=O)C2=C(C)OCCS2)c1. The Morgan fingerprint density at radius 2 is 2.12 bits per heavy atom. The normalized spacial score (nSPS) is 14.2. The van der Waals surface area contributed by atoms with Crippen molar-refractivity contribution < 1.29 is 14.4 Å². The Kier molecular flexibility index (Phi) is 5.96. The number of hydrogen-bond acceptors (Lipinski definition) is 5. The van der Waals surface area contributed by atoms with Gasteiger partial charge < -0.3 is 14.9 Å². The molecule has 2 aromatic rings. The van der Waals surface area contributed by atoms with Crippen LogP contribution in [0.25, 0.3) is 11.1 Å². The van der Waals surface area contributed by atoms with Crippen molar-refractivity contribution in [2.24, 2.45) is 5.16 Å². The second-order valence-electron chi connectivity index (χ2n) is 5.62. The molecule has 0 bridgehead atoms. The molecule has 0 atom stereocenters. The summed E-state index contributed by atoms with van der Waals surface area (Å²) in [5.41, 5.74) is 3.60. The van der Waals surface area contributed by atoms with Crippen LogP contribution in [-0.4, -0.2) is 31.6 Å². The molecule has 3 rings (SSSR count). The Bertz CT molecular complexity index is 862. The number of amides is 1. The number of ether oxygens (including phenoxy) is 1. The zero-order chi connectivity index (χ0) is 18.4. The lowest BCUT2D eigenvalue weighted by atomic mass is 10.0. The molecule has 1 amide bonds. The maximum Gasteiger partial charge on any atom is 0.265 e. The molecule has 1 aliphatic rings. The lowest BCUT2D eigenvalue weighted by Gasteiger charge is -2.18. The fourth-order valence-corrected chi connectivity index (χ4v) is 3.47.